The molecule has 23 heavy (non-hydrogen) atoms. The van der Waals surface area contributed by atoms with Gasteiger partial charge in [-0.25, -0.2) is 0 Å². The molecule has 3 aliphatic rings. The van der Waals surface area contributed by atoms with E-state index in [2.05, 4.69) is 59.5 Å². The van der Waals surface area contributed by atoms with Crippen LogP contribution in [0.4, 0.5) is 0 Å². The largest absolute Gasteiger partial charge is 0.300 e. The molecule has 0 radical (unpaired) electrons. The smallest absolute Gasteiger partial charge is 0.0101 e. The van der Waals surface area contributed by atoms with Crippen molar-refractivity contribution in [1.82, 2.24) is 4.90 Å². The zero-order valence-electron chi connectivity index (χ0n) is 13.7. The van der Waals surface area contributed by atoms with Gasteiger partial charge < -0.3 is 4.90 Å². The van der Waals surface area contributed by atoms with Crippen LogP contribution in [0.5, 0.6) is 0 Å². The fraction of sp³-hybridized carbons (Fsp3) is 0.429. The maximum absolute atomic E-state index is 2.73. The van der Waals surface area contributed by atoms with Gasteiger partial charge in [0.15, 0.2) is 0 Å². The lowest BCUT2D eigenvalue weighted by Gasteiger charge is -2.45. The topological polar surface area (TPSA) is 3.24 Å². The third-order valence-corrected chi connectivity index (χ3v) is 5.60. The van der Waals surface area contributed by atoms with Gasteiger partial charge in [-0.15, -0.1) is 12.4 Å². The lowest BCUT2D eigenvalue weighted by molar-refractivity contribution is 0.0454. The average Bonchev–Trinajstić information content (AvgIpc) is 2.62. The summed E-state index contributed by atoms with van der Waals surface area (Å²) in [6.45, 7) is 2.70. The van der Waals surface area contributed by atoms with Crippen molar-refractivity contribution in [3.05, 3.63) is 60.2 Å². The van der Waals surface area contributed by atoms with Gasteiger partial charge >= 0.3 is 0 Å². The highest BCUT2D eigenvalue weighted by molar-refractivity contribution is 5.85. The van der Waals surface area contributed by atoms with Crippen molar-refractivity contribution in [3.8, 4) is 11.1 Å². The minimum Gasteiger partial charge on any atom is -0.300 e. The molecule has 3 heterocycles. The summed E-state index contributed by atoms with van der Waals surface area (Å²) in [5.41, 5.74) is 4.12. The van der Waals surface area contributed by atoms with Crippen LogP contribution in [0.15, 0.2) is 54.6 Å². The van der Waals surface area contributed by atoms with Crippen molar-refractivity contribution in [1.29, 1.82) is 0 Å². The van der Waals surface area contributed by atoms with E-state index in [-0.39, 0.29) is 12.4 Å². The van der Waals surface area contributed by atoms with Gasteiger partial charge in [0.1, 0.15) is 0 Å². The Kier molecular flexibility index (Phi) is 5.40. The standard InChI is InChI=1S/C21H25N.ClH/c1-2-4-19(5-3-1)20-9-6-17(7-10-20)8-11-21-16-18-12-14-22(21)15-13-18;/h1-7,9-10,18,21H,8,11-16H2;1H. The normalized spacial score (nSPS) is 25.8. The van der Waals surface area contributed by atoms with E-state index in [1.165, 1.54) is 61.9 Å². The number of fused-ring (bicyclic) bond motifs is 3. The molecule has 3 saturated heterocycles. The molecule has 3 aliphatic heterocycles. The predicted octanol–water partition coefficient (Wildman–Crippen LogP) is 5.19. The summed E-state index contributed by atoms with van der Waals surface area (Å²) in [5.74, 6) is 1.02. The molecular formula is C21H26ClN. The third kappa shape index (κ3) is 3.79. The molecule has 2 bridgehead atoms. The Labute approximate surface area is 146 Å². The quantitative estimate of drug-likeness (QED) is 0.746. The van der Waals surface area contributed by atoms with E-state index < -0.39 is 0 Å². The number of piperidine rings is 3. The Balaban J connectivity index is 0.00000156. The first kappa shape index (κ1) is 16.5. The molecule has 122 valence electrons. The molecule has 0 saturated carbocycles. The van der Waals surface area contributed by atoms with E-state index in [1.807, 2.05) is 0 Å². The van der Waals surface area contributed by atoms with E-state index in [1.54, 1.807) is 0 Å². The van der Waals surface area contributed by atoms with E-state index in [4.69, 9.17) is 0 Å². The number of halogens is 1. The second-order valence-electron chi connectivity index (χ2n) is 6.97. The van der Waals surface area contributed by atoms with Gasteiger partial charge in [0.05, 0.1) is 0 Å². The number of rotatable bonds is 4. The van der Waals surface area contributed by atoms with Crippen LogP contribution in [0.25, 0.3) is 11.1 Å². The van der Waals surface area contributed by atoms with Gasteiger partial charge in [-0.05, 0) is 67.8 Å². The molecule has 5 rings (SSSR count). The van der Waals surface area contributed by atoms with Crippen molar-refractivity contribution in [3.63, 3.8) is 0 Å². The molecule has 1 atom stereocenters. The molecular weight excluding hydrogens is 302 g/mol. The molecule has 3 fully saturated rings. The molecule has 2 heteroatoms. The third-order valence-electron chi connectivity index (χ3n) is 5.60. The highest BCUT2D eigenvalue weighted by Gasteiger charge is 2.32. The fourth-order valence-corrected chi connectivity index (χ4v) is 4.22. The minimum absolute atomic E-state index is 0. The minimum atomic E-state index is 0. The molecule has 0 amide bonds. The first-order valence-electron chi connectivity index (χ1n) is 8.77. The molecule has 1 nitrogen and oxygen atoms in total. The number of aryl methyl sites for hydroxylation is 1. The van der Waals surface area contributed by atoms with E-state index >= 15 is 0 Å². The average molecular weight is 328 g/mol. The summed E-state index contributed by atoms with van der Waals surface area (Å²) in [7, 11) is 0. The van der Waals surface area contributed by atoms with Gasteiger partial charge in [0, 0.05) is 6.04 Å². The van der Waals surface area contributed by atoms with Crippen molar-refractivity contribution in [2.24, 2.45) is 5.92 Å². The number of hydrogen-bond acceptors (Lipinski definition) is 1. The number of benzene rings is 2. The van der Waals surface area contributed by atoms with Gasteiger partial charge in [-0.2, -0.15) is 0 Å². The summed E-state index contributed by atoms with van der Waals surface area (Å²) >= 11 is 0. The van der Waals surface area contributed by atoms with Crippen LogP contribution in [-0.2, 0) is 6.42 Å². The fourth-order valence-electron chi connectivity index (χ4n) is 4.22. The second kappa shape index (κ2) is 7.51. The first-order valence-corrected chi connectivity index (χ1v) is 8.77. The van der Waals surface area contributed by atoms with Crippen molar-refractivity contribution in [2.45, 2.75) is 38.1 Å². The monoisotopic (exact) mass is 327 g/mol. The first-order chi connectivity index (χ1) is 10.9. The maximum Gasteiger partial charge on any atom is 0.0101 e. The van der Waals surface area contributed by atoms with Crippen LogP contribution in [0.3, 0.4) is 0 Å². The highest BCUT2D eigenvalue weighted by Crippen LogP contribution is 2.33. The van der Waals surface area contributed by atoms with E-state index in [0.29, 0.717) is 0 Å². The van der Waals surface area contributed by atoms with E-state index in [9.17, 15) is 0 Å². The zero-order valence-corrected chi connectivity index (χ0v) is 14.5. The zero-order chi connectivity index (χ0) is 14.8. The van der Waals surface area contributed by atoms with Crippen LogP contribution in [-0.4, -0.2) is 24.0 Å². The van der Waals surface area contributed by atoms with E-state index in [0.717, 1.165) is 12.0 Å². The van der Waals surface area contributed by atoms with Crippen LogP contribution >= 0.6 is 12.4 Å². The second-order valence-corrected chi connectivity index (χ2v) is 6.97. The molecule has 0 aliphatic carbocycles. The Morgan fingerprint density at radius 1 is 0.826 bits per heavy atom. The Hall–Kier alpha value is -1.31. The number of nitrogens with zero attached hydrogens (tertiary/aromatic N) is 1. The lowest BCUT2D eigenvalue weighted by atomic mass is 9.81. The van der Waals surface area contributed by atoms with Crippen molar-refractivity contribution < 1.29 is 0 Å². The van der Waals surface area contributed by atoms with Crippen LogP contribution in [0, 0.1) is 5.92 Å². The summed E-state index contributed by atoms with van der Waals surface area (Å²) in [4.78, 5) is 2.73. The van der Waals surface area contributed by atoms with Crippen LogP contribution < -0.4 is 0 Å². The van der Waals surface area contributed by atoms with Crippen molar-refractivity contribution >= 4 is 12.4 Å². The van der Waals surface area contributed by atoms with Gasteiger partial charge in [0.2, 0.25) is 0 Å². The molecule has 0 N–H and O–H groups in total. The Morgan fingerprint density at radius 3 is 2.09 bits per heavy atom. The maximum atomic E-state index is 2.73. The Bertz CT molecular complexity index is 599. The van der Waals surface area contributed by atoms with Gasteiger partial charge in [0.25, 0.3) is 0 Å². The Morgan fingerprint density at radius 2 is 1.48 bits per heavy atom. The molecule has 1 unspecified atom stereocenters. The van der Waals surface area contributed by atoms with Crippen molar-refractivity contribution in [2.75, 3.05) is 13.1 Å². The molecule has 0 spiro atoms. The van der Waals surface area contributed by atoms with Gasteiger partial charge in [-0.3, -0.25) is 0 Å². The summed E-state index contributed by atoms with van der Waals surface area (Å²) in [5, 5.41) is 0. The molecule has 0 aromatic heterocycles. The predicted molar refractivity (Wildman–Crippen MR) is 100 cm³/mol. The summed E-state index contributed by atoms with van der Waals surface area (Å²) in [6, 6.07) is 20.7. The summed E-state index contributed by atoms with van der Waals surface area (Å²) in [6.07, 6.45) is 6.90. The summed E-state index contributed by atoms with van der Waals surface area (Å²) < 4.78 is 0. The SMILES string of the molecule is Cl.c1ccc(-c2ccc(CCC3CC4CCN3CC4)cc2)cc1. The number of hydrogen-bond donors (Lipinski definition) is 0. The molecule has 2 aromatic carbocycles. The van der Waals surface area contributed by atoms with Crippen LogP contribution in [0.2, 0.25) is 0 Å². The van der Waals surface area contributed by atoms with Crippen LogP contribution in [0.1, 0.15) is 31.2 Å². The molecule has 2 aromatic rings. The lowest BCUT2D eigenvalue weighted by Crippen LogP contribution is -2.48. The highest BCUT2D eigenvalue weighted by atomic mass is 35.5. The van der Waals surface area contributed by atoms with Gasteiger partial charge in [-0.1, -0.05) is 54.6 Å².